The second-order valence-corrected chi connectivity index (χ2v) is 22.4. The molecular weight excluding hydrogens is 824 g/mol. The number of carbonyl (C=O) groups is 1. The molecule has 3 heterocycles. The molecule has 0 bridgehead atoms. The van der Waals surface area contributed by atoms with Crippen LogP contribution >= 0.6 is 0 Å². The summed E-state index contributed by atoms with van der Waals surface area (Å²) < 4.78 is 35.3. The molecule has 5 aliphatic carbocycles. The Morgan fingerprint density at radius 3 is 2.00 bits per heavy atom. The maximum atomic E-state index is 13.1. The first-order valence-electron chi connectivity index (χ1n) is 23.3. The van der Waals surface area contributed by atoms with Crippen molar-refractivity contribution in [2.75, 3.05) is 26.4 Å². The SMILES string of the molecule is CC1(C)[C@@H](O[C@@H]2OC[C@@H](O)[C@H](O[C@@H]3O[C@H](CO)[C@@H](O[C@@H]4OC[C@@H](O)[C@H](O)[C@H]4O)[C@H](O)[C@H]3O)[C@H]2O)CC[C@]2(C)[C@H]3CC=C4[C@@H]5C[C@](C)(CO)CC[C@]5(C(=O)O)CC[C@@]4(C)[C@]3(C)CC[C@@H]12. The van der Waals surface area contributed by atoms with Crippen LogP contribution in [0.3, 0.4) is 0 Å². The number of carboxylic acids is 1. The lowest BCUT2D eigenvalue weighted by molar-refractivity contribution is -0.373. The molecular formula is C46H74O17. The fraction of sp³-hybridized carbons (Fsp3) is 0.935. The van der Waals surface area contributed by atoms with Crippen molar-refractivity contribution >= 4 is 5.97 Å². The Balaban J connectivity index is 0.954. The Hall–Kier alpha value is -1.39. The number of allylic oxidation sites excluding steroid dienone is 2. The zero-order valence-corrected chi connectivity index (χ0v) is 37.6. The molecule has 0 amide bonds. The summed E-state index contributed by atoms with van der Waals surface area (Å²) in [6.07, 6.45) is -10.1. The lowest BCUT2D eigenvalue weighted by Crippen LogP contribution is -2.66. The summed E-state index contributed by atoms with van der Waals surface area (Å²) in [5.41, 5.74) is -0.538. The Bertz CT molecular complexity index is 1710. The van der Waals surface area contributed by atoms with Gasteiger partial charge in [0.2, 0.25) is 0 Å². The molecule has 10 N–H and O–H groups in total. The van der Waals surface area contributed by atoms with E-state index in [1.807, 2.05) is 0 Å². The van der Waals surface area contributed by atoms with E-state index in [1.165, 1.54) is 5.57 Å². The van der Waals surface area contributed by atoms with Crippen molar-refractivity contribution in [1.29, 1.82) is 0 Å². The molecule has 17 heteroatoms. The fourth-order valence-corrected chi connectivity index (χ4v) is 14.7. The number of aliphatic carboxylic acids is 1. The Morgan fingerprint density at radius 2 is 1.33 bits per heavy atom. The van der Waals surface area contributed by atoms with Crippen LogP contribution < -0.4 is 0 Å². The molecule has 0 radical (unpaired) electrons. The highest BCUT2D eigenvalue weighted by Gasteiger charge is 2.70. The van der Waals surface area contributed by atoms with Crippen LogP contribution in [-0.2, 0) is 33.2 Å². The summed E-state index contributed by atoms with van der Waals surface area (Å²) in [4.78, 5) is 13.1. The number of hydrogen-bond donors (Lipinski definition) is 10. The summed E-state index contributed by atoms with van der Waals surface area (Å²) in [5, 5.41) is 107. The summed E-state index contributed by atoms with van der Waals surface area (Å²) in [7, 11) is 0. The van der Waals surface area contributed by atoms with Gasteiger partial charge in [-0.25, -0.2) is 0 Å². The monoisotopic (exact) mass is 898 g/mol. The van der Waals surface area contributed by atoms with Crippen LogP contribution in [0.1, 0.15) is 106 Å². The quantitative estimate of drug-likeness (QED) is 0.114. The third-order valence-electron chi connectivity index (χ3n) is 18.8. The van der Waals surface area contributed by atoms with Gasteiger partial charge in [0.1, 0.15) is 61.0 Å². The van der Waals surface area contributed by atoms with E-state index in [0.717, 1.165) is 32.1 Å². The highest BCUT2D eigenvalue weighted by Crippen LogP contribution is 2.76. The minimum Gasteiger partial charge on any atom is -0.481 e. The van der Waals surface area contributed by atoms with Crippen LogP contribution in [-0.4, -0.2) is 169 Å². The predicted octanol–water partition coefficient (Wildman–Crippen LogP) is 0.957. The average molecular weight is 899 g/mol. The molecule has 0 spiro atoms. The van der Waals surface area contributed by atoms with Crippen molar-refractivity contribution in [1.82, 2.24) is 0 Å². The van der Waals surface area contributed by atoms with Crippen molar-refractivity contribution in [2.24, 2.45) is 50.2 Å². The molecule has 63 heavy (non-hydrogen) atoms. The molecule has 0 aromatic rings. The van der Waals surface area contributed by atoms with Gasteiger partial charge in [0.05, 0.1) is 31.3 Å². The van der Waals surface area contributed by atoms with Gasteiger partial charge in [-0.2, -0.15) is 0 Å². The zero-order valence-electron chi connectivity index (χ0n) is 37.6. The first-order valence-corrected chi connectivity index (χ1v) is 23.3. The molecule has 7 fully saturated rings. The Morgan fingerprint density at radius 1 is 0.698 bits per heavy atom. The van der Waals surface area contributed by atoms with Crippen LogP contribution in [0.25, 0.3) is 0 Å². The third kappa shape index (κ3) is 7.50. The highest BCUT2D eigenvalue weighted by atomic mass is 16.8. The topological polar surface area (TPSA) is 275 Å². The van der Waals surface area contributed by atoms with Gasteiger partial charge in [-0.1, -0.05) is 53.2 Å². The van der Waals surface area contributed by atoms with Crippen LogP contribution in [0, 0.1) is 50.2 Å². The summed E-state index contributed by atoms with van der Waals surface area (Å²) >= 11 is 0. The highest BCUT2D eigenvalue weighted by molar-refractivity contribution is 5.76. The van der Waals surface area contributed by atoms with Crippen molar-refractivity contribution in [3.63, 3.8) is 0 Å². The van der Waals surface area contributed by atoms with Gasteiger partial charge in [-0.05, 0) is 109 Å². The first kappa shape index (κ1) is 48.1. The normalized spacial score (nSPS) is 54.5. The minimum atomic E-state index is -1.83. The Kier molecular flexibility index (Phi) is 13.0. The van der Waals surface area contributed by atoms with E-state index >= 15 is 0 Å². The van der Waals surface area contributed by atoms with E-state index in [0.29, 0.717) is 38.0 Å². The lowest BCUT2D eigenvalue weighted by Gasteiger charge is -2.71. The van der Waals surface area contributed by atoms with E-state index in [9.17, 15) is 55.9 Å². The van der Waals surface area contributed by atoms with Crippen LogP contribution in [0.4, 0.5) is 0 Å². The third-order valence-corrected chi connectivity index (χ3v) is 18.8. The molecule has 8 aliphatic rings. The van der Waals surface area contributed by atoms with Gasteiger partial charge >= 0.3 is 5.97 Å². The molecule has 0 aromatic heterocycles. The van der Waals surface area contributed by atoms with Gasteiger partial charge in [-0.15, -0.1) is 0 Å². The summed E-state index contributed by atoms with van der Waals surface area (Å²) in [5.74, 6) is -0.249. The van der Waals surface area contributed by atoms with Crippen molar-refractivity contribution in [2.45, 2.75) is 192 Å². The number of hydrogen-bond acceptors (Lipinski definition) is 16. The molecule has 3 aliphatic heterocycles. The molecule has 22 atom stereocenters. The second-order valence-electron chi connectivity index (χ2n) is 22.4. The molecule has 4 saturated carbocycles. The predicted molar refractivity (Wildman–Crippen MR) is 220 cm³/mol. The number of carboxylic acid groups (broad SMARTS) is 1. The van der Waals surface area contributed by atoms with Gasteiger partial charge in [0.25, 0.3) is 0 Å². The summed E-state index contributed by atoms with van der Waals surface area (Å²) in [6, 6.07) is 0. The van der Waals surface area contributed by atoms with Crippen molar-refractivity contribution in [3.8, 4) is 0 Å². The number of aliphatic hydroxyl groups is 9. The standard InChI is InChI=1S/C46H74O17/c1-41(2)27-9-12-45(6)28(8-7-22-23-17-42(3,21-48)13-15-46(23,40(56)57)16-14-44(22,45)5)43(27,4)11-10-29(41)61-38-34(55)35(25(50)20-59-38)62-39-33(54)31(52)36(26(18-47)60-39)63-37-32(53)30(51)24(49)19-58-37/h7,23-39,47-55H,8-21H2,1-6H3,(H,56,57)/t23-,24+,25+,26+,27-,28+,29-,30-,31+,32+,33+,34+,35-,36+,37-,38-,39-,42+,43-,44+,45+,46-/m0/s1. The lowest BCUT2D eigenvalue weighted by atomic mass is 9.33. The number of ether oxygens (including phenoxy) is 6. The van der Waals surface area contributed by atoms with Crippen molar-refractivity contribution in [3.05, 3.63) is 11.6 Å². The number of fused-ring (bicyclic) bond motifs is 7. The van der Waals surface area contributed by atoms with E-state index in [1.54, 1.807) is 0 Å². The second kappa shape index (κ2) is 17.0. The largest absolute Gasteiger partial charge is 0.481 e. The Labute approximate surface area is 369 Å². The average Bonchev–Trinajstić information content (AvgIpc) is 3.23. The zero-order chi connectivity index (χ0) is 45.8. The van der Waals surface area contributed by atoms with Crippen molar-refractivity contribution < 1.29 is 84.3 Å². The molecule has 3 saturated heterocycles. The van der Waals surface area contributed by atoms with Crippen LogP contribution in [0.2, 0.25) is 0 Å². The van der Waals surface area contributed by atoms with E-state index < -0.39 is 97.9 Å². The molecule has 0 aromatic carbocycles. The van der Waals surface area contributed by atoms with Gasteiger partial charge < -0.3 is 79.5 Å². The van der Waals surface area contributed by atoms with E-state index in [-0.39, 0.29) is 64.8 Å². The molecule has 0 unspecified atom stereocenters. The summed E-state index contributed by atoms with van der Waals surface area (Å²) in [6.45, 7) is 12.5. The van der Waals surface area contributed by atoms with Crippen LogP contribution in [0.5, 0.6) is 0 Å². The minimum absolute atomic E-state index is 0.0488. The molecule has 360 valence electrons. The maximum absolute atomic E-state index is 13.1. The van der Waals surface area contributed by atoms with E-state index in [4.69, 9.17) is 28.4 Å². The smallest absolute Gasteiger partial charge is 0.310 e. The molecule has 17 nitrogen and oxygen atoms in total. The number of rotatable bonds is 9. The fourth-order valence-electron chi connectivity index (χ4n) is 14.7. The molecule has 8 rings (SSSR count). The van der Waals surface area contributed by atoms with Crippen LogP contribution in [0.15, 0.2) is 11.6 Å². The van der Waals surface area contributed by atoms with Gasteiger partial charge in [0.15, 0.2) is 18.9 Å². The first-order chi connectivity index (χ1) is 29.5. The van der Waals surface area contributed by atoms with E-state index in [2.05, 4.69) is 47.6 Å². The van der Waals surface area contributed by atoms with Gasteiger partial charge in [-0.3, -0.25) is 4.79 Å². The number of aliphatic hydroxyl groups excluding tert-OH is 9. The van der Waals surface area contributed by atoms with Gasteiger partial charge in [0, 0.05) is 6.61 Å². The maximum Gasteiger partial charge on any atom is 0.310 e.